The second-order valence-electron chi connectivity index (χ2n) is 6.33. The maximum atomic E-state index is 12.5. The van der Waals surface area contributed by atoms with E-state index >= 15 is 0 Å². The molecular weight excluding hydrogens is 356 g/mol. The highest BCUT2D eigenvalue weighted by Gasteiger charge is 2.41. The number of hydrogen-bond donors (Lipinski definition) is 0. The van der Waals surface area contributed by atoms with Gasteiger partial charge in [0, 0.05) is 25.2 Å². The molecular formula is C18H22N2O5S. The van der Waals surface area contributed by atoms with Crippen LogP contribution in [0.2, 0.25) is 0 Å². The third-order valence-corrected chi connectivity index (χ3v) is 5.44. The van der Waals surface area contributed by atoms with Crippen LogP contribution in [0.5, 0.6) is 0 Å². The van der Waals surface area contributed by atoms with Gasteiger partial charge >= 0.3 is 5.97 Å². The number of hydrogen-bond acceptors (Lipinski definition) is 7. The van der Waals surface area contributed by atoms with E-state index in [0.29, 0.717) is 5.76 Å². The van der Waals surface area contributed by atoms with E-state index in [1.54, 1.807) is 12.1 Å². The average molecular weight is 378 g/mol. The van der Waals surface area contributed by atoms with E-state index in [1.807, 2.05) is 6.07 Å². The fourth-order valence-corrected chi connectivity index (χ4v) is 3.99. The van der Waals surface area contributed by atoms with E-state index in [4.69, 9.17) is 4.42 Å². The molecule has 0 N–H and O–H groups in total. The zero-order valence-electron chi connectivity index (χ0n) is 14.9. The van der Waals surface area contributed by atoms with Gasteiger partial charge in [0.05, 0.1) is 12.0 Å². The molecule has 7 nitrogen and oxygen atoms in total. The molecule has 3 heterocycles. The quantitative estimate of drug-likeness (QED) is 0.588. The second kappa shape index (κ2) is 7.99. The molecule has 0 saturated carbocycles. The first kappa shape index (κ1) is 18.6. The molecule has 0 aromatic carbocycles. The van der Waals surface area contributed by atoms with Crippen molar-refractivity contribution in [2.45, 2.75) is 38.6 Å². The van der Waals surface area contributed by atoms with Crippen molar-refractivity contribution in [3.8, 4) is 0 Å². The molecule has 2 fully saturated rings. The fraction of sp³-hybridized carbons (Fsp3) is 0.500. The van der Waals surface area contributed by atoms with Crippen molar-refractivity contribution in [1.82, 2.24) is 4.90 Å². The number of amides is 2. The molecule has 0 radical (unpaired) electrons. The fourth-order valence-electron chi connectivity index (χ4n) is 3.10. The molecule has 0 unspecified atom stereocenters. The Morgan fingerprint density at radius 1 is 1.23 bits per heavy atom. The number of carbonyl (C=O) groups is 3. The summed E-state index contributed by atoms with van der Waals surface area (Å²) in [5, 5.41) is -0.488. The normalized spacial score (nSPS) is 21.2. The van der Waals surface area contributed by atoms with E-state index in [1.165, 1.54) is 26.9 Å². The van der Waals surface area contributed by atoms with Gasteiger partial charge in [-0.15, -0.1) is 0 Å². The van der Waals surface area contributed by atoms with Gasteiger partial charge in [0.25, 0.3) is 11.1 Å². The third-order valence-electron chi connectivity index (χ3n) is 4.56. The molecule has 0 spiro atoms. The van der Waals surface area contributed by atoms with Crippen LogP contribution in [0.15, 0.2) is 21.5 Å². The van der Waals surface area contributed by atoms with Gasteiger partial charge in [0.1, 0.15) is 11.8 Å². The van der Waals surface area contributed by atoms with E-state index in [-0.39, 0.29) is 4.91 Å². The van der Waals surface area contributed by atoms with Gasteiger partial charge in [0.2, 0.25) is 0 Å². The number of nitrogens with zero attached hydrogens (tertiary/aromatic N) is 2. The summed E-state index contributed by atoms with van der Waals surface area (Å²) in [6.45, 7) is 3.38. The minimum atomic E-state index is -0.956. The van der Waals surface area contributed by atoms with Crippen LogP contribution in [0.4, 0.5) is 10.7 Å². The number of esters is 1. The zero-order chi connectivity index (χ0) is 18.7. The molecule has 1 atom stereocenters. The highest BCUT2D eigenvalue weighted by molar-refractivity contribution is 8.18. The average Bonchev–Trinajstić information content (AvgIpc) is 3.07. The topological polar surface area (TPSA) is 80.1 Å². The maximum absolute atomic E-state index is 12.5. The smallest absolute Gasteiger partial charge is 0.328 e. The van der Waals surface area contributed by atoms with Gasteiger partial charge < -0.3 is 14.1 Å². The van der Waals surface area contributed by atoms with Gasteiger partial charge in [-0.2, -0.15) is 0 Å². The predicted octanol–water partition coefficient (Wildman–Crippen LogP) is 3.26. The van der Waals surface area contributed by atoms with E-state index < -0.39 is 23.2 Å². The molecule has 26 heavy (non-hydrogen) atoms. The number of carbonyl (C=O) groups excluding carboxylic acids is 3. The van der Waals surface area contributed by atoms with E-state index in [9.17, 15) is 14.4 Å². The monoisotopic (exact) mass is 378 g/mol. The number of rotatable bonds is 4. The van der Waals surface area contributed by atoms with Gasteiger partial charge in [-0.3, -0.25) is 14.5 Å². The number of ether oxygens (including phenoxy) is 1. The van der Waals surface area contributed by atoms with Crippen molar-refractivity contribution in [3.63, 3.8) is 0 Å². The number of furan rings is 1. The second-order valence-corrected chi connectivity index (χ2v) is 7.32. The number of anilines is 1. The zero-order valence-corrected chi connectivity index (χ0v) is 15.7. The standard InChI is InChI=1S/C18H22N2O5S/c1-12(17(22)24-2)20-16(21)14(26-18(20)23)11-13-7-8-15(25-13)19-9-5-3-4-6-10-19/h7-8,11-12H,3-6,9-10H2,1-2H3/b14-11+/t12-/m1/s1. The summed E-state index contributed by atoms with van der Waals surface area (Å²) >= 11 is 0.798. The van der Waals surface area contributed by atoms with Gasteiger partial charge in [-0.25, -0.2) is 4.79 Å². The van der Waals surface area contributed by atoms with Crippen molar-refractivity contribution >= 4 is 40.8 Å². The van der Waals surface area contributed by atoms with E-state index in [2.05, 4.69) is 9.64 Å². The SMILES string of the molecule is COC(=O)[C@@H](C)N1C(=O)S/C(=C/c2ccc(N3CCCCCC3)o2)C1=O. The highest BCUT2D eigenvalue weighted by Crippen LogP contribution is 2.34. The van der Waals surface area contributed by atoms with Crippen molar-refractivity contribution in [2.24, 2.45) is 0 Å². The number of imide groups is 1. The molecule has 2 aliphatic rings. The minimum Gasteiger partial charge on any atom is -0.467 e. The first-order chi connectivity index (χ1) is 12.5. The molecule has 2 saturated heterocycles. The van der Waals surface area contributed by atoms with Crippen molar-refractivity contribution in [3.05, 3.63) is 22.8 Å². The molecule has 0 bridgehead atoms. The summed E-state index contributed by atoms with van der Waals surface area (Å²) in [5.41, 5.74) is 0. The van der Waals surface area contributed by atoms with Gasteiger partial charge in [-0.05, 0) is 37.6 Å². The van der Waals surface area contributed by atoms with Crippen molar-refractivity contribution in [2.75, 3.05) is 25.1 Å². The first-order valence-electron chi connectivity index (χ1n) is 8.71. The number of methoxy groups -OCH3 is 1. The Morgan fingerprint density at radius 2 is 1.92 bits per heavy atom. The molecule has 0 aliphatic carbocycles. The van der Waals surface area contributed by atoms with Gasteiger partial charge in [0.15, 0.2) is 5.88 Å². The Labute approximate surface area is 156 Å². The molecule has 8 heteroatoms. The van der Waals surface area contributed by atoms with Gasteiger partial charge in [-0.1, -0.05) is 12.8 Å². The van der Waals surface area contributed by atoms with Crippen LogP contribution >= 0.6 is 11.8 Å². The minimum absolute atomic E-state index is 0.238. The van der Waals surface area contributed by atoms with Crippen LogP contribution in [0.3, 0.4) is 0 Å². The summed E-state index contributed by atoms with van der Waals surface area (Å²) in [5.74, 6) is 0.154. The van der Waals surface area contributed by atoms with Crippen LogP contribution in [0, 0.1) is 0 Å². The Kier molecular flexibility index (Phi) is 5.70. The van der Waals surface area contributed by atoms with Crippen LogP contribution in [-0.4, -0.2) is 48.3 Å². The molecule has 3 rings (SSSR count). The summed E-state index contributed by atoms with van der Waals surface area (Å²) in [4.78, 5) is 39.6. The largest absolute Gasteiger partial charge is 0.467 e. The lowest BCUT2D eigenvalue weighted by Gasteiger charge is -2.18. The van der Waals surface area contributed by atoms with Crippen LogP contribution < -0.4 is 4.90 Å². The van der Waals surface area contributed by atoms with Crippen molar-refractivity contribution < 1.29 is 23.5 Å². The Morgan fingerprint density at radius 3 is 2.58 bits per heavy atom. The summed E-state index contributed by atoms with van der Waals surface area (Å²) in [7, 11) is 1.22. The maximum Gasteiger partial charge on any atom is 0.328 e. The summed E-state index contributed by atoms with van der Waals surface area (Å²) in [6, 6.07) is 2.72. The van der Waals surface area contributed by atoms with E-state index in [0.717, 1.165) is 48.5 Å². The lowest BCUT2D eigenvalue weighted by molar-refractivity contribution is -0.148. The molecule has 2 aliphatic heterocycles. The first-order valence-corrected chi connectivity index (χ1v) is 9.52. The molecule has 1 aromatic rings. The van der Waals surface area contributed by atoms with Crippen molar-refractivity contribution in [1.29, 1.82) is 0 Å². The molecule has 140 valence electrons. The summed E-state index contributed by atoms with van der Waals surface area (Å²) in [6.07, 6.45) is 6.29. The predicted molar refractivity (Wildman–Crippen MR) is 98.7 cm³/mol. The Bertz CT molecular complexity index is 734. The molecule has 2 amide bonds. The van der Waals surface area contributed by atoms with Crippen LogP contribution in [-0.2, 0) is 14.3 Å². The summed E-state index contributed by atoms with van der Waals surface area (Å²) < 4.78 is 10.5. The third kappa shape index (κ3) is 3.80. The lowest BCUT2D eigenvalue weighted by Crippen LogP contribution is -2.42. The lowest BCUT2D eigenvalue weighted by atomic mass is 10.2. The van der Waals surface area contributed by atoms with Crippen LogP contribution in [0.1, 0.15) is 38.4 Å². The Balaban J connectivity index is 1.75. The number of thioether (sulfide) groups is 1. The Hall–Kier alpha value is -2.22. The molecule has 1 aromatic heterocycles. The van der Waals surface area contributed by atoms with Crippen LogP contribution in [0.25, 0.3) is 6.08 Å². The highest BCUT2D eigenvalue weighted by atomic mass is 32.2.